The van der Waals surface area contributed by atoms with E-state index in [-0.39, 0.29) is 40.5 Å². The quantitative estimate of drug-likeness (QED) is 0.559. The Bertz CT molecular complexity index is 1080. The van der Waals surface area contributed by atoms with Crippen LogP contribution in [0.2, 0.25) is 0 Å². The predicted molar refractivity (Wildman–Crippen MR) is 115 cm³/mol. The lowest BCUT2D eigenvalue weighted by molar-refractivity contribution is -0.116. The Kier molecular flexibility index (Phi) is 7.12. The molecule has 0 bridgehead atoms. The number of nitrogens with one attached hydrogen (secondary N) is 2. The molecule has 0 spiro atoms. The predicted octanol–water partition coefficient (Wildman–Crippen LogP) is 2.97. The van der Waals surface area contributed by atoms with Gasteiger partial charge in [-0.05, 0) is 44.9 Å². The van der Waals surface area contributed by atoms with E-state index in [0.717, 1.165) is 0 Å². The summed E-state index contributed by atoms with van der Waals surface area (Å²) >= 11 is 0. The molecular formula is C20H28N4O6S. The Morgan fingerprint density at radius 1 is 1.23 bits per heavy atom. The van der Waals surface area contributed by atoms with Gasteiger partial charge in [0.1, 0.15) is 10.6 Å². The number of anilines is 1. The van der Waals surface area contributed by atoms with Gasteiger partial charge < -0.3 is 15.2 Å². The highest BCUT2D eigenvalue weighted by molar-refractivity contribution is 7.89. The molecule has 2 aromatic rings. The van der Waals surface area contributed by atoms with Gasteiger partial charge in [0.15, 0.2) is 5.69 Å². The SMILES string of the molecule is CC(C)CC(=O)Nc1ccc(Oc2cc(C(=O)O)nn2C)c(S(=O)(=O)NC(C)(C)C)c1. The summed E-state index contributed by atoms with van der Waals surface area (Å²) in [5.74, 6) is -1.34. The van der Waals surface area contributed by atoms with Gasteiger partial charge in [0, 0.05) is 30.8 Å². The number of benzene rings is 1. The van der Waals surface area contributed by atoms with E-state index in [0.29, 0.717) is 5.69 Å². The van der Waals surface area contributed by atoms with E-state index in [1.54, 1.807) is 20.8 Å². The first-order valence-corrected chi connectivity index (χ1v) is 11.1. The van der Waals surface area contributed by atoms with Gasteiger partial charge in [-0.1, -0.05) is 13.8 Å². The number of sulfonamides is 1. The summed E-state index contributed by atoms with van der Waals surface area (Å²) < 4.78 is 35.5. The number of hydrogen-bond donors (Lipinski definition) is 3. The molecule has 2 rings (SSSR count). The van der Waals surface area contributed by atoms with Crippen molar-refractivity contribution in [2.24, 2.45) is 13.0 Å². The first-order valence-electron chi connectivity index (χ1n) is 9.61. The number of hydrogen-bond acceptors (Lipinski definition) is 6. The maximum absolute atomic E-state index is 13.1. The van der Waals surface area contributed by atoms with Crippen LogP contribution in [0.1, 0.15) is 51.5 Å². The molecule has 0 radical (unpaired) electrons. The summed E-state index contributed by atoms with van der Waals surface area (Å²) in [6.45, 7) is 8.89. The second-order valence-electron chi connectivity index (χ2n) is 8.56. The van der Waals surface area contributed by atoms with Gasteiger partial charge in [-0.15, -0.1) is 0 Å². The van der Waals surface area contributed by atoms with Gasteiger partial charge in [0.25, 0.3) is 0 Å². The molecule has 0 aliphatic heterocycles. The molecule has 170 valence electrons. The lowest BCUT2D eigenvalue weighted by Gasteiger charge is -2.22. The number of amides is 1. The topological polar surface area (TPSA) is 140 Å². The maximum Gasteiger partial charge on any atom is 0.356 e. The summed E-state index contributed by atoms with van der Waals surface area (Å²) in [4.78, 5) is 23.1. The minimum absolute atomic E-state index is 0.0428. The van der Waals surface area contributed by atoms with E-state index in [4.69, 9.17) is 9.84 Å². The van der Waals surface area contributed by atoms with Gasteiger partial charge >= 0.3 is 5.97 Å². The van der Waals surface area contributed by atoms with Gasteiger partial charge in [-0.25, -0.2) is 22.6 Å². The molecular weight excluding hydrogens is 424 g/mol. The van der Waals surface area contributed by atoms with Gasteiger partial charge in [0.2, 0.25) is 21.8 Å². The fraction of sp³-hybridized carbons (Fsp3) is 0.450. The van der Waals surface area contributed by atoms with Crippen molar-refractivity contribution in [3.8, 4) is 11.6 Å². The Morgan fingerprint density at radius 3 is 2.39 bits per heavy atom. The number of aromatic carboxylic acids is 1. The van der Waals surface area contributed by atoms with E-state index < -0.39 is 21.5 Å². The molecule has 31 heavy (non-hydrogen) atoms. The van der Waals surface area contributed by atoms with Crippen LogP contribution in [0, 0.1) is 5.92 Å². The van der Waals surface area contributed by atoms with Crippen molar-refractivity contribution in [2.75, 3.05) is 5.32 Å². The van der Waals surface area contributed by atoms with Crippen LogP contribution < -0.4 is 14.8 Å². The van der Waals surface area contributed by atoms with E-state index in [1.807, 2.05) is 13.8 Å². The summed E-state index contributed by atoms with van der Waals surface area (Å²) in [5, 5.41) is 15.6. The average Bonchev–Trinajstić information content (AvgIpc) is 2.94. The van der Waals surface area contributed by atoms with E-state index in [1.165, 1.54) is 36.0 Å². The Morgan fingerprint density at radius 2 is 1.87 bits per heavy atom. The largest absolute Gasteiger partial charge is 0.476 e. The number of aryl methyl sites for hydroxylation is 1. The molecule has 1 amide bonds. The number of aromatic nitrogens is 2. The monoisotopic (exact) mass is 452 g/mol. The zero-order valence-electron chi connectivity index (χ0n) is 18.4. The lowest BCUT2D eigenvalue weighted by atomic mass is 10.1. The van der Waals surface area contributed by atoms with Crippen molar-refractivity contribution < 1.29 is 27.9 Å². The summed E-state index contributed by atoms with van der Waals surface area (Å²) in [6.07, 6.45) is 0.285. The van der Waals surface area contributed by atoms with E-state index in [9.17, 15) is 18.0 Å². The smallest absolute Gasteiger partial charge is 0.356 e. The molecule has 0 atom stereocenters. The molecule has 0 saturated carbocycles. The van der Waals surface area contributed by atoms with Crippen molar-refractivity contribution in [1.29, 1.82) is 0 Å². The van der Waals surface area contributed by atoms with Crippen molar-refractivity contribution in [3.05, 3.63) is 30.0 Å². The number of carbonyl (C=O) groups is 2. The number of ether oxygens (including phenoxy) is 1. The highest BCUT2D eigenvalue weighted by Crippen LogP contribution is 2.32. The Labute approximate surface area is 181 Å². The first-order chi connectivity index (χ1) is 14.2. The van der Waals surface area contributed by atoms with Crippen LogP contribution in [-0.4, -0.2) is 40.7 Å². The van der Waals surface area contributed by atoms with Crippen LogP contribution in [0.25, 0.3) is 0 Å². The maximum atomic E-state index is 13.1. The summed E-state index contributed by atoms with van der Waals surface area (Å²) in [5.41, 5.74) is -0.716. The second kappa shape index (κ2) is 9.06. The zero-order valence-corrected chi connectivity index (χ0v) is 19.2. The number of carboxylic acids is 1. The van der Waals surface area contributed by atoms with Crippen molar-refractivity contribution in [1.82, 2.24) is 14.5 Å². The van der Waals surface area contributed by atoms with Crippen molar-refractivity contribution in [3.63, 3.8) is 0 Å². The molecule has 0 fully saturated rings. The van der Waals surface area contributed by atoms with Crippen LogP contribution in [-0.2, 0) is 21.9 Å². The summed E-state index contributed by atoms with van der Waals surface area (Å²) in [7, 11) is -2.57. The third-order valence-corrected chi connectivity index (χ3v) is 5.60. The van der Waals surface area contributed by atoms with Crippen LogP contribution >= 0.6 is 0 Å². The van der Waals surface area contributed by atoms with Crippen LogP contribution in [0.3, 0.4) is 0 Å². The molecule has 0 saturated heterocycles. The molecule has 1 aromatic carbocycles. The van der Waals surface area contributed by atoms with Gasteiger partial charge in [0.05, 0.1) is 0 Å². The molecule has 0 aliphatic rings. The fourth-order valence-electron chi connectivity index (χ4n) is 2.68. The van der Waals surface area contributed by atoms with E-state index >= 15 is 0 Å². The van der Waals surface area contributed by atoms with E-state index in [2.05, 4.69) is 15.1 Å². The molecule has 3 N–H and O–H groups in total. The molecule has 11 heteroatoms. The molecule has 1 heterocycles. The number of carbonyl (C=O) groups excluding carboxylic acids is 1. The zero-order chi connectivity index (χ0) is 23.6. The van der Waals surface area contributed by atoms with Gasteiger partial charge in [-0.2, -0.15) is 5.10 Å². The van der Waals surface area contributed by atoms with Crippen LogP contribution in [0.4, 0.5) is 5.69 Å². The number of carboxylic acid groups (broad SMARTS) is 1. The van der Waals surface area contributed by atoms with Crippen LogP contribution in [0.5, 0.6) is 11.6 Å². The van der Waals surface area contributed by atoms with Gasteiger partial charge in [-0.3, -0.25) is 4.79 Å². The van der Waals surface area contributed by atoms with Crippen molar-refractivity contribution in [2.45, 2.75) is 51.5 Å². The summed E-state index contributed by atoms with van der Waals surface area (Å²) in [6, 6.07) is 5.40. The number of rotatable bonds is 8. The molecule has 0 aliphatic carbocycles. The van der Waals surface area contributed by atoms with Crippen LogP contribution in [0.15, 0.2) is 29.2 Å². The standard InChI is InChI=1S/C20H28N4O6S/c1-12(2)9-17(25)21-13-7-8-15(16(10-13)31(28,29)23-20(3,4)5)30-18-11-14(19(26)27)22-24(18)6/h7-8,10-12,23H,9H2,1-6H3,(H,21,25)(H,26,27). The van der Waals surface area contributed by atoms with Crippen molar-refractivity contribution >= 4 is 27.6 Å². The molecule has 10 nitrogen and oxygen atoms in total. The minimum Gasteiger partial charge on any atom is -0.476 e. The number of nitrogens with zero attached hydrogens (tertiary/aromatic N) is 2. The Balaban J connectivity index is 2.49. The second-order valence-corrected chi connectivity index (χ2v) is 10.2. The highest BCUT2D eigenvalue weighted by atomic mass is 32.2. The third kappa shape index (κ3) is 6.79. The average molecular weight is 453 g/mol. The molecule has 0 unspecified atom stereocenters. The highest BCUT2D eigenvalue weighted by Gasteiger charge is 2.27. The lowest BCUT2D eigenvalue weighted by Crippen LogP contribution is -2.40. The Hall–Kier alpha value is -2.92. The first kappa shape index (κ1) is 24.4. The fourth-order valence-corrected chi connectivity index (χ4v) is 4.26. The third-order valence-electron chi connectivity index (χ3n) is 3.82. The normalized spacial score (nSPS) is 12.1. The molecule has 1 aromatic heterocycles. The minimum atomic E-state index is -4.04.